The summed E-state index contributed by atoms with van der Waals surface area (Å²) in [7, 11) is -3.90. The van der Waals surface area contributed by atoms with Crippen molar-refractivity contribution in [3.05, 3.63) is 83.4 Å². The van der Waals surface area contributed by atoms with E-state index in [4.69, 9.17) is 5.14 Å². The van der Waals surface area contributed by atoms with Gasteiger partial charge in [0, 0.05) is 16.8 Å². The molecule has 0 bridgehead atoms. The molecule has 0 aliphatic heterocycles. The normalized spacial score (nSPS) is 12.2. The Balaban J connectivity index is 1.91. The van der Waals surface area contributed by atoms with Crippen LogP contribution in [-0.4, -0.2) is 25.4 Å². The van der Waals surface area contributed by atoms with E-state index in [1.54, 1.807) is 48.5 Å². The first kappa shape index (κ1) is 23.2. The molecule has 1 amide bonds. The highest BCUT2D eigenvalue weighted by Gasteiger charge is 2.17. The molecule has 0 saturated carbocycles. The lowest BCUT2D eigenvalue weighted by Gasteiger charge is -2.17. The van der Waals surface area contributed by atoms with Gasteiger partial charge >= 0.3 is 5.97 Å². The zero-order valence-corrected chi connectivity index (χ0v) is 18.5. The Bertz CT molecular complexity index is 1270. The zero-order chi connectivity index (χ0) is 23.5. The number of nitrogens with one attached hydrogen (secondary N) is 1. The summed E-state index contributed by atoms with van der Waals surface area (Å²) >= 11 is 0. The van der Waals surface area contributed by atoms with Crippen LogP contribution in [0.5, 0.6) is 0 Å². The van der Waals surface area contributed by atoms with E-state index >= 15 is 0 Å². The van der Waals surface area contributed by atoms with Crippen molar-refractivity contribution in [3.63, 3.8) is 0 Å². The monoisotopic (exact) mass is 452 g/mol. The number of sulfonamides is 1. The van der Waals surface area contributed by atoms with Crippen molar-refractivity contribution < 1.29 is 23.1 Å². The van der Waals surface area contributed by atoms with Gasteiger partial charge in [-0.05, 0) is 53.8 Å². The third kappa shape index (κ3) is 5.04. The molecule has 4 N–H and O–H groups in total. The van der Waals surface area contributed by atoms with Crippen LogP contribution >= 0.6 is 0 Å². The highest BCUT2D eigenvalue weighted by molar-refractivity contribution is 7.89. The van der Waals surface area contributed by atoms with Gasteiger partial charge in [-0.1, -0.05) is 50.2 Å². The minimum atomic E-state index is -3.90. The first-order chi connectivity index (χ1) is 15.1. The molecule has 1 atom stereocenters. The Morgan fingerprint density at radius 3 is 2.22 bits per heavy atom. The molecule has 0 saturated heterocycles. The number of carbonyl (C=O) groups excluding carboxylic acids is 1. The summed E-state index contributed by atoms with van der Waals surface area (Å²) in [6, 6.07) is 17.5. The number of carboxylic acids is 1. The van der Waals surface area contributed by atoms with Crippen LogP contribution in [-0.2, 0) is 10.0 Å². The van der Waals surface area contributed by atoms with Crippen molar-refractivity contribution >= 4 is 27.6 Å². The van der Waals surface area contributed by atoms with Crippen molar-refractivity contribution in [2.75, 3.05) is 5.32 Å². The molecule has 166 valence electrons. The minimum absolute atomic E-state index is 0.000817. The molecule has 32 heavy (non-hydrogen) atoms. The predicted octanol–water partition coefficient (Wildman–Crippen LogP) is 4.47. The molecule has 0 aromatic heterocycles. The topological polar surface area (TPSA) is 127 Å². The van der Waals surface area contributed by atoms with Crippen LogP contribution < -0.4 is 10.5 Å². The summed E-state index contributed by atoms with van der Waals surface area (Å²) in [6.07, 6.45) is 0.827. The SMILES string of the molecule is CCC(C)c1ccc(C(=O)O)cc1NC(=O)c1ccc(-c2ccccc2S(N)(=O)=O)cc1. The maximum atomic E-state index is 12.9. The third-order valence-corrected chi connectivity index (χ3v) is 6.31. The molecule has 3 aromatic rings. The first-order valence-corrected chi connectivity index (χ1v) is 11.6. The van der Waals surface area contributed by atoms with Gasteiger partial charge in [0.05, 0.1) is 10.5 Å². The van der Waals surface area contributed by atoms with Crippen molar-refractivity contribution in [2.24, 2.45) is 5.14 Å². The largest absolute Gasteiger partial charge is 0.478 e. The molecule has 0 radical (unpaired) electrons. The molecule has 0 fully saturated rings. The number of nitrogens with two attached hydrogens (primary N) is 1. The second-order valence-corrected chi connectivity index (χ2v) is 9.02. The number of carbonyl (C=O) groups is 2. The standard InChI is InChI=1S/C24H24N2O5S/c1-3-15(2)19-13-12-18(24(28)29)14-21(19)26-23(27)17-10-8-16(9-11-17)20-6-4-5-7-22(20)32(25,30)31/h4-15H,3H2,1-2H3,(H,26,27)(H,28,29)(H2,25,30,31). The highest BCUT2D eigenvalue weighted by atomic mass is 32.2. The summed E-state index contributed by atoms with van der Waals surface area (Å²) in [6.45, 7) is 4.02. The lowest BCUT2D eigenvalue weighted by Crippen LogP contribution is -2.15. The second kappa shape index (κ2) is 9.33. The Kier molecular flexibility index (Phi) is 6.76. The van der Waals surface area contributed by atoms with E-state index in [1.807, 2.05) is 13.8 Å². The van der Waals surface area contributed by atoms with E-state index in [9.17, 15) is 23.1 Å². The summed E-state index contributed by atoms with van der Waals surface area (Å²) in [5.74, 6) is -1.34. The first-order valence-electron chi connectivity index (χ1n) is 10.0. The summed E-state index contributed by atoms with van der Waals surface area (Å²) in [5, 5.41) is 17.4. The Morgan fingerprint density at radius 2 is 1.62 bits per heavy atom. The van der Waals surface area contributed by atoms with E-state index in [0.29, 0.717) is 22.4 Å². The van der Waals surface area contributed by atoms with Crippen molar-refractivity contribution in [2.45, 2.75) is 31.1 Å². The van der Waals surface area contributed by atoms with E-state index in [0.717, 1.165) is 12.0 Å². The van der Waals surface area contributed by atoms with Crippen molar-refractivity contribution in [1.82, 2.24) is 0 Å². The molecule has 1 unspecified atom stereocenters. The van der Waals surface area contributed by atoms with Gasteiger partial charge in [0.1, 0.15) is 0 Å². The number of benzene rings is 3. The molecule has 3 rings (SSSR count). The fourth-order valence-electron chi connectivity index (χ4n) is 3.40. The van der Waals surface area contributed by atoms with Crippen LogP contribution in [0.3, 0.4) is 0 Å². The lowest BCUT2D eigenvalue weighted by molar-refractivity contribution is 0.0696. The van der Waals surface area contributed by atoms with E-state index < -0.39 is 21.9 Å². The fourth-order valence-corrected chi connectivity index (χ4v) is 4.16. The summed E-state index contributed by atoms with van der Waals surface area (Å²) in [4.78, 5) is 24.2. The maximum absolute atomic E-state index is 12.9. The molecule has 7 nitrogen and oxygen atoms in total. The number of aromatic carboxylic acids is 1. The highest BCUT2D eigenvalue weighted by Crippen LogP contribution is 2.29. The quantitative estimate of drug-likeness (QED) is 0.488. The van der Waals surface area contributed by atoms with Crippen molar-refractivity contribution in [3.8, 4) is 11.1 Å². The van der Waals surface area contributed by atoms with E-state index in [2.05, 4.69) is 5.32 Å². The lowest BCUT2D eigenvalue weighted by atomic mass is 9.95. The van der Waals surface area contributed by atoms with Crippen LogP contribution in [0, 0.1) is 0 Å². The molecule has 0 aliphatic carbocycles. The zero-order valence-electron chi connectivity index (χ0n) is 17.7. The summed E-state index contributed by atoms with van der Waals surface area (Å²) in [5.41, 5.74) is 2.77. The smallest absolute Gasteiger partial charge is 0.335 e. The molecular formula is C24H24N2O5S. The number of primary sulfonamides is 1. The molecule has 0 aliphatic rings. The van der Waals surface area contributed by atoms with E-state index in [-0.39, 0.29) is 16.4 Å². The fraction of sp³-hybridized carbons (Fsp3) is 0.167. The number of rotatable bonds is 7. The molecule has 8 heteroatoms. The van der Waals surface area contributed by atoms with Crippen LogP contribution in [0.15, 0.2) is 71.6 Å². The summed E-state index contributed by atoms with van der Waals surface area (Å²) < 4.78 is 23.7. The molecule has 0 heterocycles. The van der Waals surface area contributed by atoms with Crippen molar-refractivity contribution in [1.29, 1.82) is 0 Å². The number of hydrogen-bond acceptors (Lipinski definition) is 4. The third-order valence-electron chi connectivity index (χ3n) is 5.34. The average molecular weight is 453 g/mol. The van der Waals surface area contributed by atoms with Gasteiger partial charge in [0.25, 0.3) is 5.91 Å². The maximum Gasteiger partial charge on any atom is 0.335 e. The van der Waals surface area contributed by atoms with Gasteiger partial charge in [0.2, 0.25) is 10.0 Å². The van der Waals surface area contributed by atoms with Gasteiger partial charge < -0.3 is 10.4 Å². The number of hydrogen-bond donors (Lipinski definition) is 3. The van der Waals surface area contributed by atoms with Crippen LogP contribution in [0.25, 0.3) is 11.1 Å². The number of anilines is 1. The van der Waals surface area contributed by atoms with Gasteiger partial charge in [-0.3, -0.25) is 4.79 Å². The number of carboxylic acid groups (broad SMARTS) is 1. The second-order valence-electron chi connectivity index (χ2n) is 7.49. The Hall–Kier alpha value is -3.49. The molecule has 0 spiro atoms. The Morgan fingerprint density at radius 1 is 1.00 bits per heavy atom. The molecular weight excluding hydrogens is 428 g/mol. The van der Waals surface area contributed by atoms with Gasteiger partial charge in [-0.2, -0.15) is 0 Å². The molecule has 3 aromatic carbocycles. The van der Waals surface area contributed by atoms with E-state index in [1.165, 1.54) is 18.2 Å². The Labute approximate surface area is 187 Å². The number of amides is 1. The van der Waals surface area contributed by atoms with Gasteiger partial charge in [-0.15, -0.1) is 0 Å². The predicted molar refractivity (Wildman–Crippen MR) is 123 cm³/mol. The van der Waals surface area contributed by atoms with Crippen LogP contribution in [0.2, 0.25) is 0 Å². The minimum Gasteiger partial charge on any atom is -0.478 e. The van der Waals surface area contributed by atoms with Crippen LogP contribution in [0.4, 0.5) is 5.69 Å². The van der Waals surface area contributed by atoms with Gasteiger partial charge in [0.15, 0.2) is 0 Å². The average Bonchev–Trinajstić information content (AvgIpc) is 2.78. The van der Waals surface area contributed by atoms with Gasteiger partial charge in [-0.25, -0.2) is 18.4 Å². The van der Waals surface area contributed by atoms with Crippen LogP contribution in [0.1, 0.15) is 52.5 Å².